The van der Waals surface area contributed by atoms with Crippen molar-refractivity contribution in [3.63, 3.8) is 0 Å². The molecular weight excluding hydrogens is 266 g/mol. The molecule has 1 aromatic carbocycles. The molecule has 0 heterocycles. The molecule has 0 aromatic heterocycles. The second-order valence-electron chi connectivity index (χ2n) is 4.37. The third-order valence-electron chi connectivity index (χ3n) is 2.82. The first-order valence-corrected chi connectivity index (χ1v) is 7.40. The average Bonchev–Trinajstić information content (AvgIpc) is 2.32. The highest BCUT2D eigenvalue weighted by Crippen LogP contribution is 2.15. The summed E-state index contributed by atoms with van der Waals surface area (Å²) in [5.74, 6) is -0.452. The van der Waals surface area contributed by atoms with Gasteiger partial charge in [-0.05, 0) is 24.6 Å². The highest BCUT2D eigenvalue weighted by molar-refractivity contribution is 7.89. The van der Waals surface area contributed by atoms with E-state index in [0.717, 1.165) is 4.31 Å². The van der Waals surface area contributed by atoms with Crippen molar-refractivity contribution in [2.45, 2.75) is 6.92 Å². The number of carbonyl (C=O) groups excluding carboxylic acids is 1. The van der Waals surface area contributed by atoms with Crippen molar-refractivity contribution < 1.29 is 13.2 Å². The van der Waals surface area contributed by atoms with Gasteiger partial charge in [-0.1, -0.05) is 6.07 Å². The summed E-state index contributed by atoms with van der Waals surface area (Å²) < 4.78 is 24.2. The molecular formula is C12H19N3O3S. The normalized spacial score (nSPS) is 11.6. The number of nitrogens with two attached hydrogens (primary N) is 1. The van der Waals surface area contributed by atoms with Gasteiger partial charge >= 0.3 is 0 Å². The average molecular weight is 285 g/mol. The zero-order chi connectivity index (χ0) is 14.6. The molecule has 1 rings (SSSR count). The van der Waals surface area contributed by atoms with Crippen LogP contribution >= 0.6 is 0 Å². The lowest BCUT2D eigenvalue weighted by Crippen LogP contribution is -2.34. The van der Waals surface area contributed by atoms with Crippen molar-refractivity contribution >= 4 is 21.6 Å². The number of benzene rings is 1. The van der Waals surface area contributed by atoms with Gasteiger partial charge in [-0.3, -0.25) is 4.79 Å². The van der Waals surface area contributed by atoms with Crippen LogP contribution in [0.2, 0.25) is 0 Å². The van der Waals surface area contributed by atoms with Gasteiger partial charge in [0, 0.05) is 31.9 Å². The Balaban J connectivity index is 2.65. The molecule has 0 aliphatic carbocycles. The van der Waals surface area contributed by atoms with E-state index in [4.69, 9.17) is 5.73 Å². The van der Waals surface area contributed by atoms with Gasteiger partial charge < -0.3 is 11.1 Å². The van der Waals surface area contributed by atoms with Crippen LogP contribution in [-0.4, -0.2) is 45.0 Å². The summed E-state index contributed by atoms with van der Waals surface area (Å²) in [5, 5.41) is 2.58. The number of hydrogen-bond donors (Lipinski definition) is 2. The lowest BCUT2D eigenvalue weighted by molar-refractivity contribution is 0.0955. The summed E-state index contributed by atoms with van der Waals surface area (Å²) >= 11 is 0. The summed E-state index contributed by atoms with van der Waals surface area (Å²) in [6.45, 7) is 1.81. The molecule has 1 amide bonds. The van der Waals surface area contributed by atoms with Crippen LogP contribution in [0.1, 0.15) is 15.9 Å². The first kappa shape index (κ1) is 15.5. The molecule has 0 radical (unpaired) electrons. The van der Waals surface area contributed by atoms with Crippen LogP contribution in [0.25, 0.3) is 0 Å². The number of rotatable bonds is 5. The number of sulfonamides is 1. The number of nitrogen functional groups attached to an aromatic ring is 1. The number of amides is 1. The van der Waals surface area contributed by atoms with Crippen molar-refractivity contribution in [1.29, 1.82) is 0 Å². The largest absolute Gasteiger partial charge is 0.398 e. The molecule has 0 saturated heterocycles. The van der Waals surface area contributed by atoms with Crippen LogP contribution < -0.4 is 11.1 Å². The Labute approximate surface area is 113 Å². The predicted octanol–water partition coefficient (Wildman–Crippen LogP) is 0.198. The first-order chi connectivity index (χ1) is 8.75. The molecule has 1 aromatic rings. The standard InChI is InChI=1S/C12H19N3O3S/c1-9-10(5-4-6-11(9)13)12(16)14-7-8-19(17,18)15(2)3/h4-6H,7-8,13H2,1-3H3,(H,14,16). The van der Waals surface area contributed by atoms with Crippen LogP contribution in [0.5, 0.6) is 0 Å². The minimum atomic E-state index is -3.30. The second-order valence-corrected chi connectivity index (χ2v) is 6.68. The number of carbonyl (C=O) groups is 1. The molecule has 0 bridgehead atoms. The lowest BCUT2D eigenvalue weighted by Gasteiger charge is -2.12. The molecule has 19 heavy (non-hydrogen) atoms. The second kappa shape index (κ2) is 6.03. The van der Waals surface area contributed by atoms with E-state index >= 15 is 0 Å². The van der Waals surface area contributed by atoms with Crippen molar-refractivity contribution in [2.24, 2.45) is 0 Å². The minimum Gasteiger partial charge on any atom is -0.398 e. The zero-order valence-electron chi connectivity index (χ0n) is 11.3. The van der Waals surface area contributed by atoms with Crippen molar-refractivity contribution in [3.8, 4) is 0 Å². The topological polar surface area (TPSA) is 92.5 Å². The maximum absolute atomic E-state index is 11.9. The van der Waals surface area contributed by atoms with E-state index in [1.165, 1.54) is 14.1 Å². The Kier molecular flexibility index (Phi) is 4.90. The predicted molar refractivity (Wildman–Crippen MR) is 75.4 cm³/mol. The molecule has 0 fully saturated rings. The third-order valence-corrected chi connectivity index (χ3v) is 4.65. The van der Waals surface area contributed by atoms with Crippen molar-refractivity contribution in [1.82, 2.24) is 9.62 Å². The molecule has 0 aliphatic heterocycles. The smallest absolute Gasteiger partial charge is 0.251 e. The molecule has 0 saturated carbocycles. The zero-order valence-corrected chi connectivity index (χ0v) is 12.1. The minimum absolute atomic E-state index is 0.0631. The SMILES string of the molecule is Cc1c(N)cccc1C(=O)NCCS(=O)(=O)N(C)C. The fourth-order valence-corrected chi connectivity index (χ4v) is 2.20. The monoisotopic (exact) mass is 285 g/mol. The molecule has 0 atom stereocenters. The van der Waals surface area contributed by atoms with Gasteiger partial charge in [-0.15, -0.1) is 0 Å². The van der Waals surface area contributed by atoms with Crippen LogP contribution in [0.15, 0.2) is 18.2 Å². The quantitative estimate of drug-likeness (QED) is 0.756. The van der Waals surface area contributed by atoms with E-state index in [0.29, 0.717) is 16.8 Å². The lowest BCUT2D eigenvalue weighted by atomic mass is 10.1. The van der Waals surface area contributed by atoms with Crippen molar-refractivity contribution in [2.75, 3.05) is 32.1 Å². The fourth-order valence-electron chi connectivity index (χ4n) is 1.47. The van der Waals surface area contributed by atoms with E-state index < -0.39 is 10.0 Å². The van der Waals surface area contributed by atoms with Gasteiger partial charge in [-0.25, -0.2) is 12.7 Å². The van der Waals surface area contributed by atoms with Crippen LogP contribution in [-0.2, 0) is 10.0 Å². The maximum Gasteiger partial charge on any atom is 0.251 e. The Morgan fingerprint density at radius 3 is 2.58 bits per heavy atom. The highest BCUT2D eigenvalue weighted by atomic mass is 32.2. The Bertz CT molecular complexity index is 568. The molecule has 6 nitrogen and oxygen atoms in total. The summed E-state index contributed by atoms with van der Waals surface area (Å²) in [5.41, 5.74) is 7.40. The summed E-state index contributed by atoms with van der Waals surface area (Å²) in [7, 11) is -0.385. The summed E-state index contributed by atoms with van der Waals surface area (Å²) in [6, 6.07) is 5.05. The van der Waals surface area contributed by atoms with E-state index in [9.17, 15) is 13.2 Å². The molecule has 7 heteroatoms. The van der Waals surface area contributed by atoms with E-state index in [1.807, 2.05) is 0 Å². The Hall–Kier alpha value is -1.60. The van der Waals surface area contributed by atoms with Crippen molar-refractivity contribution in [3.05, 3.63) is 29.3 Å². The van der Waals surface area contributed by atoms with Gasteiger partial charge in [0.25, 0.3) is 5.91 Å². The first-order valence-electron chi connectivity index (χ1n) is 5.79. The van der Waals surface area contributed by atoms with Crippen LogP contribution in [0.3, 0.4) is 0 Å². The van der Waals surface area contributed by atoms with Crippen LogP contribution in [0.4, 0.5) is 5.69 Å². The molecule has 106 valence electrons. The Morgan fingerprint density at radius 2 is 2.00 bits per heavy atom. The summed E-state index contributed by atoms with van der Waals surface area (Å²) in [6.07, 6.45) is 0. The number of anilines is 1. The Morgan fingerprint density at radius 1 is 1.37 bits per heavy atom. The summed E-state index contributed by atoms with van der Waals surface area (Å²) in [4.78, 5) is 11.9. The van der Waals surface area contributed by atoms with Gasteiger partial charge in [-0.2, -0.15) is 0 Å². The maximum atomic E-state index is 11.9. The number of hydrogen-bond acceptors (Lipinski definition) is 4. The molecule has 0 spiro atoms. The number of nitrogens with zero attached hydrogens (tertiary/aromatic N) is 1. The number of nitrogens with one attached hydrogen (secondary N) is 1. The van der Waals surface area contributed by atoms with E-state index in [1.54, 1.807) is 25.1 Å². The molecule has 0 aliphatic rings. The van der Waals surface area contributed by atoms with Gasteiger partial charge in [0.15, 0.2) is 0 Å². The fraction of sp³-hybridized carbons (Fsp3) is 0.417. The van der Waals surface area contributed by atoms with Gasteiger partial charge in [0.05, 0.1) is 5.75 Å². The van der Waals surface area contributed by atoms with E-state index in [-0.39, 0.29) is 18.2 Å². The molecule has 0 unspecified atom stereocenters. The third kappa shape index (κ3) is 3.93. The highest BCUT2D eigenvalue weighted by Gasteiger charge is 2.15. The van der Waals surface area contributed by atoms with Gasteiger partial charge in [0.2, 0.25) is 10.0 Å². The molecule has 3 N–H and O–H groups in total. The van der Waals surface area contributed by atoms with Crippen LogP contribution in [0, 0.1) is 6.92 Å². The van der Waals surface area contributed by atoms with E-state index in [2.05, 4.69) is 5.32 Å². The van der Waals surface area contributed by atoms with Gasteiger partial charge in [0.1, 0.15) is 0 Å².